The Bertz CT molecular complexity index is 1260. The fraction of sp³-hybridized carbons (Fsp3) is 0.174. The Morgan fingerprint density at radius 3 is 2.53 bits per heavy atom. The van der Waals surface area contributed by atoms with Crippen LogP contribution in [-0.2, 0) is 6.54 Å². The van der Waals surface area contributed by atoms with Crippen molar-refractivity contribution in [3.63, 3.8) is 0 Å². The second kappa shape index (κ2) is 9.15. The van der Waals surface area contributed by atoms with Gasteiger partial charge >= 0.3 is 6.09 Å². The van der Waals surface area contributed by atoms with Crippen molar-refractivity contribution in [2.75, 3.05) is 26.2 Å². The highest BCUT2D eigenvalue weighted by Crippen LogP contribution is 2.31. The van der Waals surface area contributed by atoms with Gasteiger partial charge in [0.05, 0.1) is 19.9 Å². The number of benzene rings is 2. The molecule has 2 aromatic heterocycles. The highest BCUT2D eigenvalue weighted by Gasteiger charge is 2.19. The third-order valence-electron chi connectivity index (χ3n) is 4.88. The van der Waals surface area contributed by atoms with Crippen molar-refractivity contribution in [1.29, 1.82) is 0 Å². The average Bonchev–Trinajstić information content (AvgIpc) is 3.22. The van der Waals surface area contributed by atoms with Gasteiger partial charge in [0.2, 0.25) is 0 Å². The molecule has 8 nitrogen and oxygen atoms in total. The molecule has 32 heavy (non-hydrogen) atoms. The third-order valence-corrected chi connectivity index (χ3v) is 5.07. The summed E-state index contributed by atoms with van der Waals surface area (Å²) in [7, 11) is 5.10. The monoisotopic (exact) mass is 452 g/mol. The normalized spacial score (nSPS) is 10.8. The van der Waals surface area contributed by atoms with Crippen molar-refractivity contribution in [2.24, 2.45) is 0 Å². The molecule has 9 heteroatoms. The molecular weight excluding hydrogens is 432 g/mol. The molecule has 4 aromatic rings. The van der Waals surface area contributed by atoms with Crippen molar-refractivity contribution < 1.29 is 19.0 Å². The van der Waals surface area contributed by atoms with Crippen LogP contribution in [0.15, 0.2) is 60.9 Å². The summed E-state index contributed by atoms with van der Waals surface area (Å²) >= 11 is 6.28. The summed E-state index contributed by atoms with van der Waals surface area (Å²) in [6.45, 7) is 0.539. The van der Waals surface area contributed by atoms with E-state index in [9.17, 15) is 4.79 Å². The van der Waals surface area contributed by atoms with Gasteiger partial charge in [0.15, 0.2) is 17.1 Å². The van der Waals surface area contributed by atoms with Crippen molar-refractivity contribution in [2.45, 2.75) is 6.54 Å². The highest BCUT2D eigenvalue weighted by molar-refractivity contribution is 6.30. The van der Waals surface area contributed by atoms with Gasteiger partial charge in [-0.15, -0.1) is 0 Å². The van der Waals surface area contributed by atoms with Crippen LogP contribution in [0.3, 0.4) is 0 Å². The number of nitrogens with zero attached hydrogens (tertiary/aromatic N) is 4. The van der Waals surface area contributed by atoms with Gasteiger partial charge in [0, 0.05) is 19.7 Å². The topological polar surface area (TPSA) is 78.7 Å². The van der Waals surface area contributed by atoms with Crippen LogP contribution in [0.25, 0.3) is 11.2 Å². The molecule has 0 unspecified atom stereocenters. The fourth-order valence-corrected chi connectivity index (χ4v) is 3.53. The molecule has 0 aliphatic carbocycles. The van der Waals surface area contributed by atoms with E-state index < -0.39 is 6.09 Å². The smallest absolute Gasteiger partial charge is 0.426 e. The van der Waals surface area contributed by atoms with E-state index in [0.717, 1.165) is 11.3 Å². The minimum atomic E-state index is -0.623. The summed E-state index contributed by atoms with van der Waals surface area (Å²) in [5, 5.41) is 0.237. The Balaban J connectivity index is 1.64. The summed E-state index contributed by atoms with van der Waals surface area (Å²) in [6.07, 6.45) is 0.759. The van der Waals surface area contributed by atoms with Crippen molar-refractivity contribution in [3.05, 3.63) is 71.6 Å². The largest absolute Gasteiger partial charge is 0.493 e. The first-order chi connectivity index (χ1) is 15.5. The quantitative estimate of drug-likeness (QED) is 0.389. The maximum absolute atomic E-state index is 12.7. The second-order valence-electron chi connectivity index (χ2n) is 6.98. The zero-order valence-corrected chi connectivity index (χ0v) is 18.5. The van der Waals surface area contributed by atoms with Gasteiger partial charge < -0.3 is 19.1 Å². The van der Waals surface area contributed by atoms with E-state index in [2.05, 4.69) is 9.97 Å². The molecule has 164 valence electrons. The number of para-hydroxylation sites is 1. The third kappa shape index (κ3) is 4.31. The fourth-order valence-electron chi connectivity index (χ4n) is 3.35. The Morgan fingerprint density at radius 1 is 1.06 bits per heavy atom. The number of carbonyl (C=O) groups excluding carboxylic acids is 1. The lowest BCUT2D eigenvalue weighted by molar-refractivity contribution is 0.203. The first kappa shape index (κ1) is 21.5. The number of hydrogen-bond donors (Lipinski definition) is 0. The van der Waals surface area contributed by atoms with E-state index in [4.69, 9.17) is 25.8 Å². The van der Waals surface area contributed by atoms with Gasteiger partial charge in [-0.1, -0.05) is 35.9 Å². The van der Waals surface area contributed by atoms with E-state index in [0.29, 0.717) is 35.0 Å². The molecule has 0 radical (unpaired) electrons. The zero-order valence-electron chi connectivity index (χ0n) is 17.8. The predicted molar refractivity (Wildman–Crippen MR) is 122 cm³/mol. The highest BCUT2D eigenvalue weighted by atomic mass is 35.5. The van der Waals surface area contributed by atoms with Crippen molar-refractivity contribution in [1.82, 2.24) is 14.5 Å². The van der Waals surface area contributed by atoms with Gasteiger partial charge in [-0.05, 0) is 29.8 Å². The first-order valence-electron chi connectivity index (χ1n) is 9.73. The summed E-state index contributed by atoms with van der Waals surface area (Å²) in [5.74, 6) is 1.72. The van der Waals surface area contributed by atoms with E-state index in [1.165, 1.54) is 10.9 Å². The van der Waals surface area contributed by atoms with E-state index in [1.54, 1.807) is 44.6 Å². The molecule has 0 atom stereocenters. The molecule has 4 rings (SSSR count). The average molecular weight is 453 g/mol. The Labute approximate surface area is 189 Å². The molecule has 0 fully saturated rings. The van der Waals surface area contributed by atoms with Crippen LogP contribution in [0.2, 0.25) is 5.15 Å². The number of pyridine rings is 1. The number of anilines is 1. The summed E-state index contributed by atoms with van der Waals surface area (Å²) in [5.41, 5.74) is 2.56. The molecule has 0 aliphatic rings. The second-order valence-corrected chi connectivity index (χ2v) is 7.36. The van der Waals surface area contributed by atoms with E-state index >= 15 is 0 Å². The lowest BCUT2D eigenvalue weighted by atomic mass is 10.2. The molecule has 0 bridgehead atoms. The maximum Gasteiger partial charge on any atom is 0.426 e. The molecule has 0 saturated heterocycles. The number of hydrogen-bond acceptors (Lipinski definition) is 7. The SMILES string of the molecule is COc1ccc(CN(C)c2cc(Cl)nc3c2ncn3C(=O)Oc2ccccc2)cc1OC. The molecule has 2 heterocycles. The summed E-state index contributed by atoms with van der Waals surface area (Å²) < 4.78 is 17.3. The van der Waals surface area contributed by atoms with Gasteiger partial charge in [-0.2, -0.15) is 0 Å². The van der Waals surface area contributed by atoms with Crippen molar-refractivity contribution >= 4 is 34.5 Å². The molecular formula is C23H21ClN4O4. The van der Waals surface area contributed by atoms with Crippen LogP contribution in [-0.4, -0.2) is 41.9 Å². The van der Waals surface area contributed by atoms with Gasteiger partial charge in [0.25, 0.3) is 0 Å². The molecule has 0 N–H and O–H groups in total. The standard InChI is InChI=1S/C23H21ClN4O4/c1-27(13-15-9-10-18(30-2)19(11-15)31-3)17-12-20(24)26-22-21(17)25-14-28(22)23(29)32-16-7-5-4-6-8-16/h4-12,14H,13H2,1-3H3. The minimum absolute atomic E-state index is 0.237. The molecule has 0 aliphatic heterocycles. The zero-order chi connectivity index (χ0) is 22.7. The Hall–Kier alpha value is -3.78. The first-order valence-corrected chi connectivity index (χ1v) is 10.1. The van der Waals surface area contributed by atoms with Crippen LogP contribution in [0.4, 0.5) is 10.5 Å². The molecule has 0 spiro atoms. The molecule has 0 amide bonds. The van der Waals surface area contributed by atoms with E-state index in [-0.39, 0.29) is 5.15 Å². The minimum Gasteiger partial charge on any atom is -0.493 e. The van der Waals surface area contributed by atoms with Crippen molar-refractivity contribution in [3.8, 4) is 17.2 Å². The summed E-state index contributed by atoms with van der Waals surface area (Å²) in [6, 6.07) is 16.2. The maximum atomic E-state index is 12.7. The Kier molecular flexibility index (Phi) is 6.13. The Morgan fingerprint density at radius 2 is 1.81 bits per heavy atom. The number of halogens is 1. The summed E-state index contributed by atoms with van der Waals surface area (Å²) in [4.78, 5) is 23.4. The number of aromatic nitrogens is 3. The molecule has 2 aromatic carbocycles. The van der Waals surface area contributed by atoms with E-state index in [1.807, 2.05) is 36.2 Å². The lowest BCUT2D eigenvalue weighted by Gasteiger charge is -2.20. The molecule has 0 saturated carbocycles. The van der Waals surface area contributed by atoms with Gasteiger partial charge in [0.1, 0.15) is 22.7 Å². The predicted octanol–water partition coefficient (Wildman–Crippen LogP) is 4.79. The number of ether oxygens (including phenoxy) is 3. The van der Waals surface area contributed by atoms with Crippen LogP contribution < -0.4 is 19.1 Å². The van der Waals surface area contributed by atoms with Crippen LogP contribution >= 0.6 is 11.6 Å². The number of imidazole rings is 1. The van der Waals surface area contributed by atoms with Crippen LogP contribution in [0, 0.1) is 0 Å². The number of methoxy groups -OCH3 is 2. The lowest BCUT2D eigenvalue weighted by Crippen LogP contribution is -2.18. The van der Waals surface area contributed by atoms with Gasteiger partial charge in [-0.25, -0.2) is 19.3 Å². The number of fused-ring (bicyclic) bond motifs is 1. The van der Waals surface area contributed by atoms with Gasteiger partial charge in [-0.3, -0.25) is 0 Å². The number of rotatable bonds is 6. The van der Waals surface area contributed by atoms with Crippen LogP contribution in [0.5, 0.6) is 17.2 Å². The van der Waals surface area contributed by atoms with Crippen LogP contribution in [0.1, 0.15) is 5.56 Å². The number of carbonyl (C=O) groups is 1.